The van der Waals surface area contributed by atoms with E-state index in [1.807, 2.05) is 11.9 Å². The minimum Gasteiger partial charge on any atom is -0.339 e. The van der Waals surface area contributed by atoms with E-state index in [1.54, 1.807) is 41.9 Å². The van der Waals surface area contributed by atoms with Crippen molar-refractivity contribution in [1.29, 1.82) is 0 Å². The van der Waals surface area contributed by atoms with E-state index >= 15 is 0 Å². The first-order chi connectivity index (χ1) is 15.4. The van der Waals surface area contributed by atoms with Gasteiger partial charge in [0.25, 0.3) is 5.91 Å². The van der Waals surface area contributed by atoms with Crippen molar-refractivity contribution in [3.8, 4) is 0 Å². The van der Waals surface area contributed by atoms with Gasteiger partial charge in [0.05, 0.1) is 5.75 Å². The molecule has 0 unspecified atom stereocenters. The molecule has 1 N–H and O–H groups in total. The van der Waals surface area contributed by atoms with Crippen molar-refractivity contribution in [3.63, 3.8) is 0 Å². The molecule has 168 valence electrons. The fourth-order valence-electron chi connectivity index (χ4n) is 4.12. The number of rotatable bonds is 6. The van der Waals surface area contributed by atoms with Crippen LogP contribution in [0.1, 0.15) is 52.9 Å². The number of fused-ring (bicyclic) bond motifs is 1. The van der Waals surface area contributed by atoms with E-state index in [9.17, 15) is 9.59 Å². The minimum atomic E-state index is -0.107. The van der Waals surface area contributed by atoms with Gasteiger partial charge in [0, 0.05) is 34.6 Å². The molecule has 0 aliphatic heterocycles. The molecule has 0 saturated heterocycles. The standard InChI is InChI=1S/C24H28N4O2S2/c1-15-16(2)32-23-21(15)22(25-14-26-23)31-13-20(29)27-18-11-9-17(10-12-18)24(30)28(3)19-7-5-4-6-8-19/h9-12,14,19H,4-8,13H2,1-3H3,(H,27,29). The lowest BCUT2D eigenvalue weighted by molar-refractivity contribution is -0.113. The fraction of sp³-hybridized carbons (Fsp3) is 0.417. The molecule has 2 aromatic heterocycles. The molecular formula is C24H28N4O2S2. The highest BCUT2D eigenvalue weighted by Crippen LogP contribution is 2.34. The summed E-state index contributed by atoms with van der Waals surface area (Å²) in [5, 5.41) is 4.79. The maximum absolute atomic E-state index is 12.8. The zero-order chi connectivity index (χ0) is 22.7. The smallest absolute Gasteiger partial charge is 0.253 e. The van der Waals surface area contributed by atoms with Gasteiger partial charge in [0.2, 0.25) is 5.91 Å². The SMILES string of the molecule is Cc1sc2ncnc(SCC(=O)Nc3ccc(C(=O)N(C)C4CCCCC4)cc3)c2c1C. The summed E-state index contributed by atoms with van der Waals surface area (Å²) in [5.74, 6) is 0.190. The molecule has 3 aromatic rings. The number of carbonyl (C=O) groups excluding carboxylic acids is 2. The van der Waals surface area contributed by atoms with Crippen molar-refractivity contribution in [2.24, 2.45) is 0 Å². The molecule has 0 radical (unpaired) electrons. The summed E-state index contributed by atoms with van der Waals surface area (Å²) in [7, 11) is 1.89. The number of benzene rings is 1. The molecule has 32 heavy (non-hydrogen) atoms. The van der Waals surface area contributed by atoms with Gasteiger partial charge in [-0.1, -0.05) is 31.0 Å². The van der Waals surface area contributed by atoms with Gasteiger partial charge in [-0.05, 0) is 56.5 Å². The summed E-state index contributed by atoms with van der Waals surface area (Å²) in [6, 6.07) is 7.49. The average molecular weight is 469 g/mol. The Kier molecular flexibility index (Phi) is 7.10. The van der Waals surface area contributed by atoms with E-state index in [4.69, 9.17) is 0 Å². The zero-order valence-electron chi connectivity index (χ0n) is 18.7. The zero-order valence-corrected chi connectivity index (χ0v) is 20.3. The van der Waals surface area contributed by atoms with Gasteiger partial charge in [-0.2, -0.15) is 0 Å². The van der Waals surface area contributed by atoms with E-state index in [0.717, 1.165) is 28.1 Å². The molecule has 0 spiro atoms. The number of thiophene rings is 1. The van der Waals surface area contributed by atoms with Gasteiger partial charge >= 0.3 is 0 Å². The molecule has 2 heterocycles. The summed E-state index contributed by atoms with van der Waals surface area (Å²) in [5.41, 5.74) is 2.51. The van der Waals surface area contributed by atoms with Gasteiger partial charge in [0.15, 0.2) is 0 Å². The van der Waals surface area contributed by atoms with Crippen LogP contribution in [0.3, 0.4) is 0 Å². The lowest BCUT2D eigenvalue weighted by Crippen LogP contribution is -2.38. The molecule has 1 aliphatic carbocycles. The van der Waals surface area contributed by atoms with Gasteiger partial charge in [0.1, 0.15) is 16.2 Å². The molecule has 1 aromatic carbocycles. The summed E-state index contributed by atoms with van der Waals surface area (Å²) < 4.78 is 0. The summed E-state index contributed by atoms with van der Waals surface area (Å²) in [4.78, 5) is 38.1. The Morgan fingerprint density at radius 1 is 1.12 bits per heavy atom. The van der Waals surface area contributed by atoms with E-state index in [0.29, 0.717) is 17.3 Å². The number of anilines is 1. The van der Waals surface area contributed by atoms with Crippen molar-refractivity contribution in [2.75, 3.05) is 18.1 Å². The predicted molar refractivity (Wildman–Crippen MR) is 132 cm³/mol. The number of amides is 2. The number of nitrogens with zero attached hydrogens (tertiary/aromatic N) is 3. The molecule has 1 fully saturated rings. The maximum atomic E-state index is 12.8. The molecule has 6 nitrogen and oxygen atoms in total. The topological polar surface area (TPSA) is 75.2 Å². The highest BCUT2D eigenvalue weighted by Gasteiger charge is 2.23. The molecular weight excluding hydrogens is 440 g/mol. The number of aromatic nitrogens is 2. The normalized spacial score (nSPS) is 14.5. The van der Waals surface area contributed by atoms with Crippen LogP contribution >= 0.6 is 23.1 Å². The van der Waals surface area contributed by atoms with Crippen molar-refractivity contribution < 1.29 is 9.59 Å². The Hall–Kier alpha value is -2.45. The van der Waals surface area contributed by atoms with Crippen LogP contribution in [0.15, 0.2) is 35.6 Å². The molecule has 0 atom stereocenters. The van der Waals surface area contributed by atoms with Crippen molar-refractivity contribution in [1.82, 2.24) is 14.9 Å². The van der Waals surface area contributed by atoms with Crippen LogP contribution in [0.4, 0.5) is 5.69 Å². The Bertz CT molecular complexity index is 1120. The number of aryl methyl sites for hydroxylation is 2. The van der Waals surface area contributed by atoms with E-state index in [2.05, 4.69) is 29.1 Å². The van der Waals surface area contributed by atoms with Crippen LogP contribution in [0.5, 0.6) is 0 Å². The van der Waals surface area contributed by atoms with Crippen LogP contribution in [0.25, 0.3) is 10.2 Å². The number of carbonyl (C=O) groups is 2. The van der Waals surface area contributed by atoms with Crippen molar-refractivity contribution >= 4 is 50.8 Å². The summed E-state index contributed by atoms with van der Waals surface area (Å²) >= 11 is 3.06. The van der Waals surface area contributed by atoms with E-state index < -0.39 is 0 Å². The van der Waals surface area contributed by atoms with Crippen LogP contribution in [-0.4, -0.2) is 45.5 Å². The molecule has 8 heteroatoms. The Labute approximate surface area is 196 Å². The summed E-state index contributed by atoms with van der Waals surface area (Å²) in [6.07, 6.45) is 7.36. The quantitative estimate of drug-likeness (QED) is 0.385. The van der Waals surface area contributed by atoms with Crippen LogP contribution < -0.4 is 5.32 Å². The molecule has 4 rings (SSSR count). The molecule has 2 amide bonds. The highest BCUT2D eigenvalue weighted by atomic mass is 32.2. The number of hydrogen-bond acceptors (Lipinski definition) is 6. The second-order valence-corrected chi connectivity index (χ2v) is 10.4. The van der Waals surface area contributed by atoms with Gasteiger partial charge < -0.3 is 10.2 Å². The first-order valence-corrected chi connectivity index (χ1v) is 12.7. The average Bonchev–Trinajstić information content (AvgIpc) is 3.11. The second-order valence-electron chi connectivity index (χ2n) is 8.26. The third kappa shape index (κ3) is 4.96. The third-order valence-electron chi connectivity index (χ3n) is 6.13. The Morgan fingerprint density at radius 3 is 2.56 bits per heavy atom. The van der Waals surface area contributed by atoms with Gasteiger partial charge in [-0.15, -0.1) is 11.3 Å². The van der Waals surface area contributed by atoms with Gasteiger partial charge in [-0.25, -0.2) is 9.97 Å². The number of nitrogens with one attached hydrogen (secondary N) is 1. The number of hydrogen-bond donors (Lipinski definition) is 1. The summed E-state index contributed by atoms with van der Waals surface area (Å²) in [6.45, 7) is 4.14. The minimum absolute atomic E-state index is 0.0412. The van der Waals surface area contributed by atoms with Crippen molar-refractivity contribution in [3.05, 3.63) is 46.6 Å². The van der Waals surface area contributed by atoms with E-state index in [-0.39, 0.29) is 17.6 Å². The third-order valence-corrected chi connectivity index (χ3v) is 8.23. The Morgan fingerprint density at radius 2 is 1.84 bits per heavy atom. The van der Waals surface area contributed by atoms with E-state index in [1.165, 1.54) is 41.5 Å². The lowest BCUT2D eigenvalue weighted by atomic mass is 9.94. The van der Waals surface area contributed by atoms with Crippen LogP contribution in [-0.2, 0) is 4.79 Å². The molecule has 0 bridgehead atoms. The predicted octanol–water partition coefficient (Wildman–Crippen LogP) is 5.44. The van der Waals surface area contributed by atoms with Crippen molar-refractivity contribution in [2.45, 2.75) is 57.0 Å². The van der Waals surface area contributed by atoms with Crippen LogP contribution in [0, 0.1) is 13.8 Å². The first kappa shape index (κ1) is 22.7. The maximum Gasteiger partial charge on any atom is 0.253 e. The lowest BCUT2D eigenvalue weighted by Gasteiger charge is -2.31. The fourth-order valence-corrected chi connectivity index (χ4v) is 6.04. The Balaban J connectivity index is 1.34. The number of thioether (sulfide) groups is 1. The second kappa shape index (κ2) is 10.0. The first-order valence-electron chi connectivity index (χ1n) is 10.9. The largest absolute Gasteiger partial charge is 0.339 e. The monoisotopic (exact) mass is 468 g/mol. The van der Waals surface area contributed by atoms with Gasteiger partial charge in [-0.3, -0.25) is 9.59 Å². The molecule has 1 saturated carbocycles. The highest BCUT2D eigenvalue weighted by molar-refractivity contribution is 8.00. The van der Waals surface area contributed by atoms with Crippen LogP contribution in [0.2, 0.25) is 0 Å². The molecule has 1 aliphatic rings.